The van der Waals surface area contributed by atoms with Crippen molar-refractivity contribution in [3.05, 3.63) is 47.9 Å². The monoisotopic (exact) mass is 210 g/mol. The molecule has 0 amide bonds. The van der Waals surface area contributed by atoms with Crippen LogP contribution in [0, 0.1) is 18.3 Å². The topological polar surface area (TPSA) is 54.5 Å². The van der Waals surface area contributed by atoms with Crippen LogP contribution in [0.2, 0.25) is 0 Å². The van der Waals surface area contributed by atoms with Crippen molar-refractivity contribution in [2.45, 2.75) is 6.92 Å². The molecule has 2 heterocycles. The molecule has 0 saturated carbocycles. The highest BCUT2D eigenvalue weighted by atomic mass is 15.3. The van der Waals surface area contributed by atoms with Crippen LogP contribution in [0.1, 0.15) is 16.7 Å². The zero-order valence-electron chi connectivity index (χ0n) is 8.88. The number of nitrogens with zero attached hydrogens (tertiary/aromatic N) is 4. The average Bonchev–Trinajstić information content (AvgIpc) is 2.77. The first-order valence-electron chi connectivity index (χ1n) is 4.79. The largest absolute Gasteiger partial charge is 0.236 e. The van der Waals surface area contributed by atoms with Crippen molar-refractivity contribution >= 4 is 6.08 Å². The number of aryl methyl sites for hydroxylation is 1. The van der Waals surface area contributed by atoms with Crippen LogP contribution >= 0.6 is 0 Å². The van der Waals surface area contributed by atoms with Crippen molar-refractivity contribution in [1.82, 2.24) is 14.8 Å². The highest BCUT2D eigenvalue weighted by molar-refractivity contribution is 5.45. The Morgan fingerprint density at radius 3 is 2.88 bits per heavy atom. The summed E-state index contributed by atoms with van der Waals surface area (Å²) >= 11 is 0. The molecule has 0 unspecified atom stereocenters. The molecule has 4 nitrogen and oxygen atoms in total. The van der Waals surface area contributed by atoms with E-state index in [1.807, 2.05) is 19.2 Å². The minimum Gasteiger partial charge on any atom is -0.236 e. The molecule has 0 aliphatic rings. The maximum absolute atomic E-state index is 8.80. The Hall–Kier alpha value is -2.41. The number of aromatic nitrogens is 3. The molecule has 0 fully saturated rings. The highest BCUT2D eigenvalue weighted by Crippen LogP contribution is 2.11. The van der Waals surface area contributed by atoms with Crippen LogP contribution in [0.3, 0.4) is 0 Å². The van der Waals surface area contributed by atoms with E-state index in [2.05, 4.69) is 22.7 Å². The van der Waals surface area contributed by atoms with Gasteiger partial charge in [-0.15, -0.1) is 0 Å². The van der Waals surface area contributed by atoms with Crippen molar-refractivity contribution < 1.29 is 0 Å². The van der Waals surface area contributed by atoms with Crippen LogP contribution in [-0.4, -0.2) is 14.8 Å². The summed E-state index contributed by atoms with van der Waals surface area (Å²) in [6.07, 6.45) is 6.82. The van der Waals surface area contributed by atoms with E-state index in [-0.39, 0.29) is 0 Å². The van der Waals surface area contributed by atoms with Gasteiger partial charge in [0.15, 0.2) is 5.82 Å². The molecular weight excluding hydrogens is 200 g/mol. The summed E-state index contributed by atoms with van der Waals surface area (Å²) < 4.78 is 1.66. The molecular formula is C12H10N4. The number of pyridine rings is 1. The molecule has 0 aromatic carbocycles. The van der Waals surface area contributed by atoms with Gasteiger partial charge in [0, 0.05) is 18.0 Å². The van der Waals surface area contributed by atoms with Crippen molar-refractivity contribution in [2.24, 2.45) is 0 Å². The zero-order chi connectivity index (χ0) is 11.5. The third-order valence-corrected chi connectivity index (χ3v) is 2.29. The zero-order valence-corrected chi connectivity index (χ0v) is 8.88. The molecule has 0 bridgehead atoms. The van der Waals surface area contributed by atoms with Crippen molar-refractivity contribution in [2.75, 3.05) is 0 Å². The lowest BCUT2D eigenvalue weighted by atomic mass is 10.2. The first-order valence-corrected chi connectivity index (χ1v) is 4.79. The molecule has 2 rings (SSSR count). The van der Waals surface area contributed by atoms with Gasteiger partial charge in [-0.3, -0.25) is 0 Å². The predicted molar refractivity (Wildman–Crippen MR) is 60.9 cm³/mol. The Balaban J connectivity index is 2.45. The summed E-state index contributed by atoms with van der Waals surface area (Å²) in [6, 6.07) is 3.91. The molecule has 2 aromatic rings. The maximum atomic E-state index is 8.80. The van der Waals surface area contributed by atoms with Crippen LogP contribution < -0.4 is 0 Å². The van der Waals surface area contributed by atoms with E-state index in [9.17, 15) is 0 Å². The first kappa shape index (κ1) is 10.1. The van der Waals surface area contributed by atoms with E-state index in [0.29, 0.717) is 11.4 Å². The molecule has 2 aromatic heterocycles. The second-order valence-electron chi connectivity index (χ2n) is 3.39. The molecule has 0 aliphatic heterocycles. The average molecular weight is 210 g/mol. The van der Waals surface area contributed by atoms with E-state index in [1.165, 1.54) is 0 Å². The van der Waals surface area contributed by atoms with Crippen LogP contribution in [0.25, 0.3) is 11.9 Å². The van der Waals surface area contributed by atoms with E-state index in [0.717, 1.165) is 11.1 Å². The van der Waals surface area contributed by atoms with Gasteiger partial charge in [-0.25, -0.2) is 9.67 Å². The summed E-state index contributed by atoms with van der Waals surface area (Å²) in [4.78, 5) is 4.17. The molecule has 4 heteroatoms. The summed E-state index contributed by atoms with van der Waals surface area (Å²) in [5.41, 5.74) is 2.41. The number of hydrogen-bond acceptors (Lipinski definition) is 3. The van der Waals surface area contributed by atoms with Gasteiger partial charge in [-0.2, -0.15) is 10.4 Å². The fourth-order valence-electron chi connectivity index (χ4n) is 1.35. The normalized spacial score (nSPS) is 9.75. The molecule has 0 saturated heterocycles. The summed E-state index contributed by atoms with van der Waals surface area (Å²) in [6.45, 7) is 5.54. The van der Waals surface area contributed by atoms with E-state index in [1.54, 1.807) is 23.2 Å². The van der Waals surface area contributed by atoms with E-state index in [4.69, 9.17) is 5.26 Å². The van der Waals surface area contributed by atoms with Crippen LogP contribution in [0.5, 0.6) is 0 Å². The third kappa shape index (κ3) is 1.71. The minimum absolute atomic E-state index is 0.583. The SMILES string of the molecule is C=Cc1cnn(-c2cc(C)c(C#N)cn2)c1. The van der Waals surface area contributed by atoms with Gasteiger partial charge in [0.2, 0.25) is 0 Å². The van der Waals surface area contributed by atoms with Gasteiger partial charge in [0.25, 0.3) is 0 Å². The van der Waals surface area contributed by atoms with Crippen LogP contribution in [0.15, 0.2) is 31.2 Å². The van der Waals surface area contributed by atoms with Gasteiger partial charge in [-0.05, 0) is 18.6 Å². The Bertz CT molecular complexity index is 575. The van der Waals surface area contributed by atoms with E-state index >= 15 is 0 Å². The lowest BCUT2D eigenvalue weighted by molar-refractivity contribution is 0.844. The number of rotatable bonds is 2. The van der Waals surface area contributed by atoms with Crippen molar-refractivity contribution in [1.29, 1.82) is 5.26 Å². The fraction of sp³-hybridized carbons (Fsp3) is 0.0833. The molecule has 0 spiro atoms. The van der Waals surface area contributed by atoms with Gasteiger partial charge in [-0.1, -0.05) is 12.7 Å². The Morgan fingerprint density at radius 2 is 2.31 bits per heavy atom. The summed E-state index contributed by atoms with van der Waals surface area (Å²) in [7, 11) is 0. The van der Waals surface area contributed by atoms with Gasteiger partial charge < -0.3 is 0 Å². The lowest BCUT2D eigenvalue weighted by Crippen LogP contribution is -1.99. The molecule has 0 radical (unpaired) electrons. The van der Waals surface area contributed by atoms with Gasteiger partial charge in [0.05, 0.1) is 11.8 Å². The molecule has 0 N–H and O–H groups in total. The Kier molecular flexibility index (Phi) is 2.52. The highest BCUT2D eigenvalue weighted by Gasteiger charge is 2.03. The molecule has 0 atom stereocenters. The predicted octanol–water partition coefficient (Wildman–Crippen LogP) is 2.09. The Morgan fingerprint density at radius 1 is 1.50 bits per heavy atom. The fourth-order valence-corrected chi connectivity index (χ4v) is 1.35. The second-order valence-corrected chi connectivity index (χ2v) is 3.39. The van der Waals surface area contributed by atoms with Gasteiger partial charge >= 0.3 is 0 Å². The number of hydrogen-bond donors (Lipinski definition) is 0. The first-order chi connectivity index (χ1) is 7.74. The third-order valence-electron chi connectivity index (χ3n) is 2.29. The molecule has 16 heavy (non-hydrogen) atoms. The quantitative estimate of drug-likeness (QED) is 0.762. The van der Waals surface area contributed by atoms with Crippen molar-refractivity contribution in [3.63, 3.8) is 0 Å². The van der Waals surface area contributed by atoms with Crippen LogP contribution in [-0.2, 0) is 0 Å². The van der Waals surface area contributed by atoms with Crippen molar-refractivity contribution in [3.8, 4) is 11.9 Å². The smallest absolute Gasteiger partial charge is 0.153 e. The summed E-state index contributed by atoms with van der Waals surface area (Å²) in [5, 5.41) is 13.0. The lowest BCUT2D eigenvalue weighted by Gasteiger charge is -2.02. The number of nitriles is 1. The molecule has 78 valence electrons. The minimum atomic E-state index is 0.583. The van der Waals surface area contributed by atoms with Crippen LogP contribution in [0.4, 0.5) is 0 Å². The van der Waals surface area contributed by atoms with E-state index < -0.39 is 0 Å². The Labute approximate surface area is 93.5 Å². The standard InChI is InChI=1S/C12H10N4/c1-3-10-6-15-16(8-10)12-4-9(2)11(5-13)7-14-12/h3-4,6-8H,1H2,2H3. The maximum Gasteiger partial charge on any atom is 0.153 e. The van der Waals surface area contributed by atoms with Gasteiger partial charge in [0.1, 0.15) is 6.07 Å². The summed E-state index contributed by atoms with van der Waals surface area (Å²) in [5.74, 6) is 0.699. The second kappa shape index (κ2) is 3.99. The molecule has 0 aliphatic carbocycles.